The Morgan fingerprint density at radius 2 is 2.18 bits per heavy atom. The van der Waals surface area contributed by atoms with Crippen LogP contribution in [-0.4, -0.2) is 35.1 Å². The molecule has 0 amide bonds. The maximum Gasteiger partial charge on any atom is 0.250 e. The highest BCUT2D eigenvalue weighted by Crippen LogP contribution is 2.46. The molecule has 0 radical (unpaired) electrons. The summed E-state index contributed by atoms with van der Waals surface area (Å²) in [6.45, 7) is 0. The zero-order chi connectivity index (χ0) is 12.7. The lowest BCUT2D eigenvalue weighted by atomic mass is 10.3. The second-order valence-corrected chi connectivity index (χ2v) is 10.6. The Bertz CT molecular complexity index is 513. The van der Waals surface area contributed by atoms with Crippen molar-refractivity contribution in [1.82, 2.24) is 4.72 Å². The predicted molar refractivity (Wildman–Crippen MR) is 73.3 cm³/mol. The van der Waals surface area contributed by atoms with Crippen LogP contribution in [0.2, 0.25) is 0 Å². The molecule has 2 rings (SSSR count). The maximum atomic E-state index is 11.9. The molecule has 1 aliphatic heterocycles. The van der Waals surface area contributed by atoms with Gasteiger partial charge in [0.15, 0.2) is 0 Å². The number of hydrogen-bond donors (Lipinski definition) is 3. The number of nitrogens with one attached hydrogen (secondary N) is 1. The quantitative estimate of drug-likeness (QED) is 0.770. The molecular formula is C8H12BrNO4S3. The van der Waals surface area contributed by atoms with Crippen LogP contribution in [0.5, 0.6) is 0 Å². The van der Waals surface area contributed by atoms with Gasteiger partial charge in [0, 0.05) is 11.8 Å². The second-order valence-electron chi connectivity index (χ2n) is 3.84. The van der Waals surface area contributed by atoms with E-state index in [-0.39, 0.29) is 21.8 Å². The minimum Gasteiger partial charge on any atom is -0.299 e. The third-order valence-electron chi connectivity index (χ3n) is 2.40. The molecule has 1 atom stereocenters. The fraction of sp³-hybridized carbons (Fsp3) is 0.500. The summed E-state index contributed by atoms with van der Waals surface area (Å²) in [5.74, 6) is 0.382. The number of sulfonamides is 1. The molecule has 0 saturated carbocycles. The van der Waals surface area contributed by atoms with E-state index in [1.807, 2.05) is 0 Å². The summed E-state index contributed by atoms with van der Waals surface area (Å²) >= 11 is 4.33. The minimum absolute atomic E-state index is 0.110. The Morgan fingerprint density at radius 3 is 2.65 bits per heavy atom. The molecule has 3 N–H and O–H groups in total. The van der Waals surface area contributed by atoms with Gasteiger partial charge in [0.1, 0.15) is 4.21 Å². The zero-order valence-electron chi connectivity index (χ0n) is 8.67. The van der Waals surface area contributed by atoms with Crippen molar-refractivity contribution in [3.05, 3.63) is 15.9 Å². The van der Waals surface area contributed by atoms with Crippen LogP contribution in [0.15, 0.2) is 20.1 Å². The van der Waals surface area contributed by atoms with Gasteiger partial charge in [0.05, 0.1) is 9.54 Å². The SMILES string of the molecule is O=S(=O)(NC1CCS(O)(O)C1)c1ccc(Br)s1. The highest BCUT2D eigenvalue weighted by molar-refractivity contribution is 9.11. The average molecular weight is 362 g/mol. The van der Waals surface area contributed by atoms with E-state index in [1.54, 1.807) is 6.07 Å². The summed E-state index contributed by atoms with van der Waals surface area (Å²) in [6.07, 6.45) is 0.466. The standard InChI is InChI=1S/C8H12BrNO4S3/c9-7-1-2-8(15-7)17(13,14)10-6-3-4-16(11,12)5-6/h1-2,6,10-12H,3-5H2. The molecule has 0 aliphatic carbocycles. The van der Waals surface area contributed by atoms with Gasteiger partial charge < -0.3 is 0 Å². The van der Waals surface area contributed by atoms with E-state index in [2.05, 4.69) is 20.7 Å². The van der Waals surface area contributed by atoms with Crippen molar-refractivity contribution < 1.29 is 17.5 Å². The molecule has 1 saturated heterocycles. The van der Waals surface area contributed by atoms with E-state index >= 15 is 0 Å². The van der Waals surface area contributed by atoms with Crippen molar-refractivity contribution >= 4 is 47.9 Å². The third kappa shape index (κ3) is 3.43. The molecule has 2 heterocycles. The van der Waals surface area contributed by atoms with E-state index in [9.17, 15) is 17.5 Å². The average Bonchev–Trinajstić information content (AvgIpc) is 2.72. The molecule has 1 aliphatic rings. The van der Waals surface area contributed by atoms with Crippen LogP contribution in [0.1, 0.15) is 6.42 Å². The van der Waals surface area contributed by atoms with E-state index in [0.717, 1.165) is 15.1 Å². The summed E-state index contributed by atoms with van der Waals surface area (Å²) in [5.41, 5.74) is 0. The first-order chi connectivity index (χ1) is 7.78. The topological polar surface area (TPSA) is 86.6 Å². The van der Waals surface area contributed by atoms with E-state index in [0.29, 0.717) is 6.42 Å². The van der Waals surface area contributed by atoms with Gasteiger partial charge in [-0.15, -0.1) is 11.3 Å². The lowest BCUT2D eigenvalue weighted by Crippen LogP contribution is -2.34. The summed E-state index contributed by atoms with van der Waals surface area (Å²) < 4.78 is 46.2. The number of thiophene rings is 1. The van der Waals surface area contributed by atoms with Crippen LogP contribution < -0.4 is 4.72 Å². The molecule has 1 aromatic rings. The van der Waals surface area contributed by atoms with Gasteiger partial charge in [-0.05, 0) is 34.5 Å². The fourth-order valence-electron chi connectivity index (χ4n) is 1.63. The van der Waals surface area contributed by atoms with Crippen LogP contribution in [0.4, 0.5) is 0 Å². The van der Waals surface area contributed by atoms with Gasteiger partial charge in [0.2, 0.25) is 10.0 Å². The molecule has 17 heavy (non-hydrogen) atoms. The van der Waals surface area contributed by atoms with Crippen LogP contribution in [0, 0.1) is 0 Å². The molecule has 0 aromatic carbocycles. The summed E-state index contributed by atoms with van der Waals surface area (Å²) in [6, 6.07) is 2.80. The second kappa shape index (κ2) is 4.80. The Hall–Kier alpha value is 0.360. The minimum atomic E-state index is -3.54. The van der Waals surface area contributed by atoms with Crippen molar-refractivity contribution in [3.8, 4) is 0 Å². The molecule has 1 fully saturated rings. The van der Waals surface area contributed by atoms with E-state index in [1.165, 1.54) is 6.07 Å². The van der Waals surface area contributed by atoms with Gasteiger partial charge in [-0.1, -0.05) is 0 Å². The normalized spacial score (nSPS) is 25.9. The summed E-state index contributed by atoms with van der Waals surface area (Å²) in [7, 11) is -6.12. The Labute approximate surface area is 114 Å². The monoisotopic (exact) mass is 361 g/mol. The van der Waals surface area contributed by atoms with Crippen molar-refractivity contribution in [2.75, 3.05) is 11.5 Å². The number of halogens is 1. The first kappa shape index (κ1) is 13.8. The lowest BCUT2D eigenvalue weighted by molar-refractivity contribution is 0.494. The summed E-state index contributed by atoms with van der Waals surface area (Å²) in [5, 5.41) is 0. The maximum absolute atomic E-state index is 11.9. The first-order valence-electron chi connectivity index (χ1n) is 4.80. The Morgan fingerprint density at radius 1 is 1.47 bits per heavy atom. The van der Waals surface area contributed by atoms with Gasteiger partial charge in [-0.25, -0.2) is 13.1 Å². The van der Waals surface area contributed by atoms with E-state index < -0.39 is 20.6 Å². The van der Waals surface area contributed by atoms with Crippen LogP contribution in [0.25, 0.3) is 0 Å². The molecule has 1 unspecified atom stereocenters. The molecule has 0 bridgehead atoms. The number of rotatable bonds is 3. The zero-order valence-corrected chi connectivity index (χ0v) is 12.7. The van der Waals surface area contributed by atoms with Crippen molar-refractivity contribution in [3.63, 3.8) is 0 Å². The highest BCUT2D eigenvalue weighted by Gasteiger charge is 2.32. The molecule has 9 heteroatoms. The molecular weight excluding hydrogens is 350 g/mol. The largest absolute Gasteiger partial charge is 0.299 e. The van der Waals surface area contributed by atoms with Crippen molar-refractivity contribution in [2.45, 2.75) is 16.7 Å². The van der Waals surface area contributed by atoms with Crippen molar-refractivity contribution in [1.29, 1.82) is 0 Å². The van der Waals surface area contributed by atoms with Gasteiger partial charge in [0.25, 0.3) is 0 Å². The Balaban J connectivity index is 2.09. The van der Waals surface area contributed by atoms with Gasteiger partial charge in [-0.2, -0.15) is 10.6 Å². The molecule has 5 nitrogen and oxygen atoms in total. The third-order valence-corrected chi connectivity index (χ3v) is 7.86. The van der Waals surface area contributed by atoms with Crippen LogP contribution in [-0.2, 0) is 10.0 Å². The van der Waals surface area contributed by atoms with E-state index in [4.69, 9.17) is 0 Å². The predicted octanol–water partition coefficient (Wildman–Crippen LogP) is 2.31. The van der Waals surface area contributed by atoms with Gasteiger partial charge in [-0.3, -0.25) is 9.11 Å². The first-order valence-corrected chi connectivity index (χ1v) is 9.77. The van der Waals surface area contributed by atoms with Crippen LogP contribution >= 0.6 is 37.9 Å². The lowest BCUT2D eigenvalue weighted by Gasteiger charge is -2.25. The molecule has 1 aromatic heterocycles. The highest BCUT2D eigenvalue weighted by atomic mass is 79.9. The Kier molecular flexibility index (Phi) is 3.89. The van der Waals surface area contributed by atoms with Crippen molar-refractivity contribution in [2.24, 2.45) is 0 Å². The van der Waals surface area contributed by atoms with Gasteiger partial charge >= 0.3 is 0 Å². The number of hydrogen-bond acceptors (Lipinski definition) is 5. The fourth-order valence-corrected chi connectivity index (χ4v) is 6.76. The summed E-state index contributed by atoms with van der Waals surface area (Å²) in [4.78, 5) is 0. The smallest absolute Gasteiger partial charge is 0.250 e. The molecule has 98 valence electrons. The van der Waals surface area contributed by atoms with Crippen LogP contribution in [0.3, 0.4) is 0 Å². The molecule has 0 spiro atoms.